The summed E-state index contributed by atoms with van der Waals surface area (Å²) in [4.78, 5) is 6.77. The molecule has 4 heteroatoms. The van der Waals surface area contributed by atoms with Gasteiger partial charge in [-0.05, 0) is 25.0 Å². The van der Waals surface area contributed by atoms with Crippen LogP contribution in [0.2, 0.25) is 0 Å². The molecule has 0 saturated carbocycles. The van der Waals surface area contributed by atoms with Gasteiger partial charge in [0.05, 0.1) is 19.0 Å². The summed E-state index contributed by atoms with van der Waals surface area (Å²) < 4.78 is 5.08. The highest BCUT2D eigenvalue weighted by Gasteiger charge is 2.16. The van der Waals surface area contributed by atoms with Gasteiger partial charge in [0.15, 0.2) is 0 Å². The van der Waals surface area contributed by atoms with Crippen LogP contribution in [0.15, 0.2) is 18.3 Å². The topological polar surface area (TPSA) is 51.4 Å². The summed E-state index contributed by atoms with van der Waals surface area (Å²) in [5, 5.41) is 0. The Hall–Kier alpha value is -1.13. The molecular formula is C12H19N3O. The Morgan fingerprint density at radius 3 is 2.75 bits per heavy atom. The molecule has 0 unspecified atom stereocenters. The van der Waals surface area contributed by atoms with Crippen molar-refractivity contribution < 1.29 is 4.74 Å². The van der Waals surface area contributed by atoms with E-state index in [4.69, 9.17) is 10.5 Å². The van der Waals surface area contributed by atoms with Gasteiger partial charge in [0.1, 0.15) is 5.75 Å². The van der Waals surface area contributed by atoms with Crippen LogP contribution >= 0.6 is 0 Å². The third-order valence-electron chi connectivity index (χ3n) is 3.05. The lowest BCUT2D eigenvalue weighted by atomic mass is 10.1. The van der Waals surface area contributed by atoms with Gasteiger partial charge in [-0.1, -0.05) is 0 Å². The van der Waals surface area contributed by atoms with Crippen molar-refractivity contribution in [2.24, 2.45) is 5.73 Å². The van der Waals surface area contributed by atoms with E-state index in [-0.39, 0.29) is 0 Å². The molecule has 0 bridgehead atoms. The fourth-order valence-electron chi connectivity index (χ4n) is 1.97. The summed E-state index contributed by atoms with van der Waals surface area (Å²) in [6.07, 6.45) is 3.96. The van der Waals surface area contributed by atoms with Crippen molar-refractivity contribution in [1.82, 2.24) is 9.88 Å². The Morgan fingerprint density at radius 2 is 2.19 bits per heavy atom. The van der Waals surface area contributed by atoms with Crippen LogP contribution in [0.1, 0.15) is 18.5 Å². The average molecular weight is 221 g/mol. The zero-order valence-electron chi connectivity index (χ0n) is 9.72. The first-order valence-corrected chi connectivity index (χ1v) is 5.75. The number of piperidine rings is 1. The second-order valence-corrected chi connectivity index (χ2v) is 4.30. The molecule has 0 amide bonds. The maximum Gasteiger partial charge on any atom is 0.137 e. The lowest BCUT2D eigenvalue weighted by Crippen LogP contribution is -2.39. The number of methoxy groups -OCH3 is 1. The summed E-state index contributed by atoms with van der Waals surface area (Å²) in [6, 6.07) is 4.37. The molecule has 0 atom stereocenters. The molecule has 4 nitrogen and oxygen atoms in total. The maximum absolute atomic E-state index is 5.87. The first kappa shape index (κ1) is 11.4. The Balaban J connectivity index is 1.88. The van der Waals surface area contributed by atoms with Crippen molar-refractivity contribution >= 4 is 0 Å². The van der Waals surface area contributed by atoms with Gasteiger partial charge in [0.2, 0.25) is 0 Å². The molecule has 1 saturated heterocycles. The number of ether oxygens (including phenoxy) is 1. The highest BCUT2D eigenvalue weighted by Crippen LogP contribution is 2.13. The fraction of sp³-hybridized carbons (Fsp3) is 0.583. The van der Waals surface area contributed by atoms with Crippen LogP contribution in [0.3, 0.4) is 0 Å². The molecule has 1 aliphatic heterocycles. The highest BCUT2D eigenvalue weighted by atomic mass is 16.5. The van der Waals surface area contributed by atoms with Crippen molar-refractivity contribution in [2.75, 3.05) is 20.2 Å². The first-order chi connectivity index (χ1) is 7.78. The number of nitrogens with two attached hydrogens (primary N) is 1. The molecule has 88 valence electrons. The number of hydrogen-bond acceptors (Lipinski definition) is 4. The number of likely N-dealkylation sites (tertiary alicyclic amines) is 1. The molecule has 0 aliphatic carbocycles. The number of hydrogen-bond donors (Lipinski definition) is 1. The van der Waals surface area contributed by atoms with Crippen LogP contribution in [0, 0.1) is 0 Å². The van der Waals surface area contributed by atoms with Crippen molar-refractivity contribution in [3.8, 4) is 5.75 Å². The Bertz CT molecular complexity index is 318. The third-order valence-corrected chi connectivity index (χ3v) is 3.05. The van der Waals surface area contributed by atoms with Crippen LogP contribution < -0.4 is 10.5 Å². The van der Waals surface area contributed by atoms with Crippen LogP contribution in [0.25, 0.3) is 0 Å². The third kappa shape index (κ3) is 2.93. The summed E-state index contributed by atoms with van der Waals surface area (Å²) in [5.74, 6) is 0.810. The smallest absolute Gasteiger partial charge is 0.137 e. The molecule has 16 heavy (non-hydrogen) atoms. The molecule has 2 N–H and O–H groups in total. The van der Waals surface area contributed by atoms with Gasteiger partial charge in [-0.2, -0.15) is 0 Å². The van der Waals surface area contributed by atoms with Gasteiger partial charge in [-0.3, -0.25) is 9.88 Å². The molecule has 1 fully saturated rings. The molecule has 0 spiro atoms. The number of aromatic nitrogens is 1. The largest absolute Gasteiger partial charge is 0.495 e. The van der Waals surface area contributed by atoms with E-state index >= 15 is 0 Å². The molecule has 1 aromatic rings. The quantitative estimate of drug-likeness (QED) is 0.827. The lowest BCUT2D eigenvalue weighted by Gasteiger charge is -2.29. The van der Waals surface area contributed by atoms with E-state index in [1.54, 1.807) is 13.3 Å². The van der Waals surface area contributed by atoms with E-state index in [1.807, 2.05) is 12.1 Å². The molecule has 1 aromatic heterocycles. The minimum absolute atomic E-state index is 0.389. The normalized spacial score (nSPS) is 18.6. The summed E-state index contributed by atoms with van der Waals surface area (Å²) in [7, 11) is 1.66. The maximum atomic E-state index is 5.87. The van der Waals surface area contributed by atoms with Crippen molar-refractivity contribution in [1.29, 1.82) is 0 Å². The number of nitrogens with zero attached hydrogens (tertiary/aromatic N) is 2. The second-order valence-electron chi connectivity index (χ2n) is 4.30. The van der Waals surface area contributed by atoms with E-state index < -0.39 is 0 Å². The van der Waals surface area contributed by atoms with E-state index in [1.165, 1.54) is 0 Å². The number of rotatable bonds is 3. The first-order valence-electron chi connectivity index (χ1n) is 5.75. The van der Waals surface area contributed by atoms with E-state index in [2.05, 4.69) is 9.88 Å². The zero-order chi connectivity index (χ0) is 11.4. The molecule has 0 radical (unpaired) electrons. The van der Waals surface area contributed by atoms with Gasteiger partial charge in [-0.25, -0.2) is 0 Å². The fourth-order valence-corrected chi connectivity index (χ4v) is 1.97. The standard InChI is InChI=1S/C12H19N3O/c1-16-12-3-2-11(14-8-12)9-15-6-4-10(13)5-7-15/h2-3,8,10H,4-7,9,13H2,1H3. The van der Waals surface area contributed by atoms with E-state index in [0.717, 1.165) is 43.9 Å². The minimum atomic E-state index is 0.389. The summed E-state index contributed by atoms with van der Waals surface area (Å²) in [6.45, 7) is 3.07. The Kier molecular flexibility index (Phi) is 3.74. The second kappa shape index (κ2) is 5.27. The van der Waals surface area contributed by atoms with Crippen molar-refractivity contribution in [3.05, 3.63) is 24.0 Å². The predicted molar refractivity (Wildman–Crippen MR) is 63.3 cm³/mol. The van der Waals surface area contributed by atoms with Crippen LogP contribution in [-0.2, 0) is 6.54 Å². The van der Waals surface area contributed by atoms with E-state index in [9.17, 15) is 0 Å². The van der Waals surface area contributed by atoms with Crippen LogP contribution in [0.4, 0.5) is 0 Å². The van der Waals surface area contributed by atoms with Gasteiger partial charge in [-0.15, -0.1) is 0 Å². The van der Waals surface area contributed by atoms with Crippen LogP contribution in [0.5, 0.6) is 5.75 Å². The van der Waals surface area contributed by atoms with Gasteiger partial charge >= 0.3 is 0 Å². The van der Waals surface area contributed by atoms with Gasteiger partial charge < -0.3 is 10.5 Å². The van der Waals surface area contributed by atoms with Crippen molar-refractivity contribution in [2.45, 2.75) is 25.4 Å². The number of pyridine rings is 1. The molecule has 2 heterocycles. The highest BCUT2D eigenvalue weighted by molar-refractivity contribution is 5.19. The van der Waals surface area contributed by atoms with Gasteiger partial charge in [0, 0.05) is 25.7 Å². The molecular weight excluding hydrogens is 202 g/mol. The molecule has 0 aromatic carbocycles. The van der Waals surface area contributed by atoms with Gasteiger partial charge in [0.25, 0.3) is 0 Å². The SMILES string of the molecule is COc1ccc(CN2CCC(N)CC2)nc1. The van der Waals surface area contributed by atoms with Crippen molar-refractivity contribution in [3.63, 3.8) is 0 Å². The van der Waals surface area contributed by atoms with Crippen LogP contribution in [-0.4, -0.2) is 36.1 Å². The van der Waals surface area contributed by atoms with E-state index in [0.29, 0.717) is 6.04 Å². The average Bonchev–Trinajstić information content (AvgIpc) is 2.33. The Morgan fingerprint density at radius 1 is 1.44 bits per heavy atom. The molecule has 1 aliphatic rings. The summed E-state index contributed by atoms with van der Waals surface area (Å²) >= 11 is 0. The monoisotopic (exact) mass is 221 g/mol. The predicted octanol–water partition coefficient (Wildman–Crippen LogP) is 1.01. The Labute approximate surface area is 96.4 Å². The lowest BCUT2D eigenvalue weighted by molar-refractivity contribution is 0.203. The molecule has 2 rings (SSSR count). The minimum Gasteiger partial charge on any atom is -0.495 e. The zero-order valence-corrected chi connectivity index (χ0v) is 9.72. The summed E-state index contributed by atoms with van der Waals surface area (Å²) in [5.41, 5.74) is 6.96.